The van der Waals surface area contributed by atoms with E-state index in [9.17, 15) is 0 Å². The number of fused-ring (bicyclic) bond motifs is 1. The van der Waals surface area contributed by atoms with Crippen LogP contribution in [0, 0.1) is 6.92 Å². The summed E-state index contributed by atoms with van der Waals surface area (Å²) in [6.07, 6.45) is 3.61. The smallest absolute Gasteiger partial charge is 0.113 e. The van der Waals surface area contributed by atoms with E-state index in [1.807, 2.05) is 19.2 Å². The Labute approximate surface area is 58.1 Å². The highest BCUT2D eigenvalue weighted by atomic mass is 15.1. The topological polar surface area (TPSA) is 41.6 Å². The van der Waals surface area contributed by atoms with Gasteiger partial charge < -0.3 is 4.98 Å². The van der Waals surface area contributed by atoms with Crippen molar-refractivity contribution in [2.24, 2.45) is 0 Å². The molecule has 1 N–H and O–H groups in total. The molecule has 0 unspecified atom stereocenters. The van der Waals surface area contributed by atoms with Crippen molar-refractivity contribution in [2.75, 3.05) is 0 Å². The summed E-state index contributed by atoms with van der Waals surface area (Å²) in [5.74, 6) is 0. The minimum absolute atomic E-state index is 0.961. The van der Waals surface area contributed by atoms with Crippen LogP contribution in [0.5, 0.6) is 0 Å². The summed E-state index contributed by atoms with van der Waals surface area (Å²) in [6, 6.07) is 1.91. The summed E-state index contributed by atoms with van der Waals surface area (Å²) in [7, 11) is 0. The SMILES string of the molecule is Cc1c[nH]c2ccnnc12. The molecule has 10 heavy (non-hydrogen) atoms. The van der Waals surface area contributed by atoms with E-state index in [-0.39, 0.29) is 0 Å². The lowest BCUT2D eigenvalue weighted by Crippen LogP contribution is -1.79. The van der Waals surface area contributed by atoms with Crippen molar-refractivity contribution >= 4 is 11.0 Å². The van der Waals surface area contributed by atoms with Crippen LogP contribution in [-0.4, -0.2) is 15.2 Å². The lowest BCUT2D eigenvalue weighted by Gasteiger charge is -1.84. The van der Waals surface area contributed by atoms with Crippen molar-refractivity contribution in [1.82, 2.24) is 15.2 Å². The van der Waals surface area contributed by atoms with Crippen LogP contribution in [0.4, 0.5) is 0 Å². The second-order valence-corrected chi connectivity index (χ2v) is 2.27. The largest absolute Gasteiger partial charge is 0.359 e. The van der Waals surface area contributed by atoms with E-state index >= 15 is 0 Å². The highest BCUT2D eigenvalue weighted by Gasteiger charge is 1.97. The Balaban J connectivity index is 2.93. The first-order valence-electron chi connectivity index (χ1n) is 3.13. The van der Waals surface area contributed by atoms with Crippen LogP contribution in [0.2, 0.25) is 0 Å². The fourth-order valence-corrected chi connectivity index (χ4v) is 0.994. The van der Waals surface area contributed by atoms with Crippen LogP contribution in [0.15, 0.2) is 18.5 Å². The maximum absolute atomic E-state index is 3.96. The Morgan fingerprint density at radius 1 is 1.50 bits per heavy atom. The van der Waals surface area contributed by atoms with Crippen LogP contribution in [0.3, 0.4) is 0 Å². The molecule has 0 amide bonds. The number of nitrogens with zero attached hydrogens (tertiary/aromatic N) is 2. The van der Waals surface area contributed by atoms with Gasteiger partial charge in [0, 0.05) is 6.20 Å². The van der Waals surface area contributed by atoms with Gasteiger partial charge in [0.15, 0.2) is 0 Å². The van der Waals surface area contributed by atoms with Crippen molar-refractivity contribution < 1.29 is 0 Å². The van der Waals surface area contributed by atoms with E-state index in [0.717, 1.165) is 16.6 Å². The zero-order valence-corrected chi connectivity index (χ0v) is 5.63. The maximum atomic E-state index is 3.96. The minimum Gasteiger partial charge on any atom is -0.359 e. The zero-order chi connectivity index (χ0) is 6.97. The monoisotopic (exact) mass is 133 g/mol. The summed E-state index contributed by atoms with van der Waals surface area (Å²) in [5.41, 5.74) is 3.15. The number of aryl methyl sites for hydroxylation is 1. The van der Waals surface area contributed by atoms with Crippen molar-refractivity contribution in [3.8, 4) is 0 Å². The normalized spacial score (nSPS) is 10.5. The van der Waals surface area contributed by atoms with Crippen LogP contribution in [-0.2, 0) is 0 Å². The molecule has 0 fully saturated rings. The Bertz CT molecular complexity index is 350. The van der Waals surface area contributed by atoms with Crippen LogP contribution in [0.1, 0.15) is 5.56 Å². The van der Waals surface area contributed by atoms with Crippen molar-refractivity contribution in [3.63, 3.8) is 0 Å². The molecule has 3 heteroatoms. The number of aromatic nitrogens is 3. The van der Waals surface area contributed by atoms with Gasteiger partial charge in [-0.05, 0) is 18.6 Å². The van der Waals surface area contributed by atoms with Gasteiger partial charge in [-0.15, -0.1) is 5.10 Å². The lowest BCUT2D eigenvalue weighted by atomic mass is 10.3. The van der Waals surface area contributed by atoms with Crippen molar-refractivity contribution in [1.29, 1.82) is 0 Å². The molecular weight excluding hydrogens is 126 g/mol. The molecule has 0 aromatic carbocycles. The van der Waals surface area contributed by atoms with Gasteiger partial charge in [0.2, 0.25) is 0 Å². The molecule has 3 nitrogen and oxygen atoms in total. The maximum Gasteiger partial charge on any atom is 0.113 e. The molecule has 2 aromatic heterocycles. The molecule has 0 radical (unpaired) electrons. The first-order chi connectivity index (χ1) is 4.88. The average molecular weight is 133 g/mol. The van der Waals surface area contributed by atoms with Crippen LogP contribution in [0.25, 0.3) is 11.0 Å². The third-order valence-electron chi connectivity index (χ3n) is 1.54. The number of nitrogens with one attached hydrogen (secondary N) is 1. The number of aromatic amines is 1. The van der Waals surface area contributed by atoms with Crippen molar-refractivity contribution in [3.05, 3.63) is 24.0 Å². The van der Waals surface area contributed by atoms with Gasteiger partial charge in [0.1, 0.15) is 5.52 Å². The van der Waals surface area contributed by atoms with Crippen LogP contribution >= 0.6 is 0 Å². The molecule has 0 aliphatic rings. The average Bonchev–Trinajstić information content (AvgIpc) is 2.34. The quantitative estimate of drug-likeness (QED) is 0.588. The Kier molecular flexibility index (Phi) is 0.974. The molecule has 2 aromatic rings. The molecule has 0 saturated carbocycles. The summed E-state index contributed by atoms with van der Waals surface area (Å²) >= 11 is 0. The van der Waals surface area contributed by atoms with E-state index in [1.165, 1.54) is 0 Å². The molecule has 0 aliphatic heterocycles. The van der Waals surface area contributed by atoms with Gasteiger partial charge in [-0.2, -0.15) is 5.10 Å². The molecule has 0 saturated heterocycles. The van der Waals surface area contributed by atoms with Gasteiger partial charge in [0.25, 0.3) is 0 Å². The van der Waals surface area contributed by atoms with Gasteiger partial charge in [0.05, 0.1) is 11.7 Å². The third kappa shape index (κ3) is 0.603. The highest BCUT2D eigenvalue weighted by molar-refractivity contribution is 5.77. The summed E-state index contributed by atoms with van der Waals surface area (Å²) in [5, 5.41) is 7.74. The summed E-state index contributed by atoms with van der Waals surface area (Å²) in [6.45, 7) is 2.01. The first-order valence-corrected chi connectivity index (χ1v) is 3.13. The minimum atomic E-state index is 0.961. The predicted octanol–water partition coefficient (Wildman–Crippen LogP) is 1.27. The molecule has 0 bridgehead atoms. The standard InChI is InChI=1S/C7H7N3/c1-5-4-8-6-2-3-9-10-7(5)6/h2-4,8H,1H3. The Hall–Kier alpha value is -1.38. The molecule has 0 aliphatic carbocycles. The van der Waals surface area contributed by atoms with E-state index < -0.39 is 0 Å². The van der Waals surface area contributed by atoms with E-state index in [0.29, 0.717) is 0 Å². The fraction of sp³-hybridized carbons (Fsp3) is 0.143. The van der Waals surface area contributed by atoms with Gasteiger partial charge in [-0.25, -0.2) is 0 Å². The summed E-state index contributed by atoms with van der Waals surface area (Å²) in [4.78, 5) is 3.09. The lowest BCUT2D eigenvalue weighted by molar-refractivity contribution is 1.07. The van der Waals surface area contributed by atoms with Crippen LogP contribution < -0.4 is 0 Å². The van der Waals surface area contributed by atoms with E-state index in [1.54, 1.807) is 6.20 Å². The molecule has 0 atom stereocenters. The first kappa shape index (κ1) is 5.41. The molecule has 2 rings (SSSR count). The Morgan fingerprint density at radius 3 is 3.20 bits per heavy atom. The molecular formula is C7H7N3. The molecule has 2 heterocycles. The Morgan fingerprint density at radius 2 is 2.40 bits per heavy atom. The van der Waals surface area contributed by atoms with Gasteiger partial charge in [-0.3, -0.25) is 0 Å². The van der Waals surface area contributed by atoms with Gasteiger partial charge >= 0.3 is 0 Å². The third-order valence-corrected chi connectivity index (χ3v) is 1.54. The number of hydrogen-bond acceptors (Lipinski definition) is 2. The highest BCUT2D eigenvalue weighted by Crippen LogP contribution is 2.11. The second-order valence-electron chi connectivity index (χ2n) is 2.27. The molecule has 0 spiro atoms. The van der Waals surface area contributed by atoms with E-state index in [4.69, 9.17) is 0 Å². The number of hydrogen-bond donors (Lipinski definition) is 1. The predicted molar refractivity (Wildman–Crippen MR) is 38.6 cm³/mol. The fourth-order valence-electron chi connectivity index (χ4n) is 0.994. The molecule has 50 valence electrons. The second kappa shape index (κ2) is 1.80. The van der Waals surface area contributed by atoms with Crippen molar-refractivity contribution in [2.45, 2.75) is 6.92 Å². The van der Waals surface area contributed by atoms with Gasteiger partial charge in [-0.1, -0.05) is 0 Å². The number of rotatable bonds is 0. The van der Waals surface area contributed by atoms with E-state index in [2.05, 4.69) is 15.2 Å². The number of H-pyrrole nitrogens is 1. The summed E-state index contributed by atoms with van der Waals surface area (Å²) < 4.78 is 0. The zero-order valence-electron chi connectivity index (χ0n) is 5.63.